The van der Waals surface area contributed by atoms with Gasteiger partial charge >= 0.3 is 23.9 Å². The van der Waals surface area contributed by atoms with E-state index in [0.29, 0.717) is 11.4 Å². The van der Waals surface area contributed by atoms with Gasteiger partial charge in [0.05, 0.1) is 24.9 Å². The first-order valence-electron chi connectivity index (χ1n) is 18.5. The number of H-pyrrole nitrogens is 1. The van der Waals surface area contributed by atoms with Crippen LogP contribution in [0, 0.1) is 10.8 Å². The normalized spacial score (nSPS) is 12.6. The van der Waals surface area contributed by atoms with Gasteiger partial charge in [-0.25, -0.2) is 24.4 Å². The summed E-state index contributed by atoms with van der Waals surface area (Å²) >= 11 is 0. The number of nitrogen functional groups attached to an aromatic ring is 1. The van der Waals surface area contributed by atoms with Gasteiger partial charge < -0.3 is 47.1 Å². The summed E-state index contributed by atoms with van der Waals surface area (Å²) in [5.74, 6) is -4.50. The fraction of sp³-hybridized carbons (Fsp3) is 0.474. The van der Waals surface area contributed by atoms with Crippen molar-refractivity contribution < 1.29 is 58.4 Å². The number of rotatable bonds is 20. The molecule has 0 saturated carbocycles. The second-order valence-electron chi connectivity index (χ2n) is 15.4. The second kappa shape index (κ2) is 22.2. The van der Waals surface area contributed by atoms with Gasteiger partial charge in [0.2, 0.25) is 5.95 Å². The molecule has 3 rings (SSSR count). The molecular formula is C38H51N9O13. The molecule has 0 aliphatic carbocycles. The van der Waals surface area contributed by atoms with Crippen LogP contribution in [0.3, 0.4) is 0 Å². The number of Topliss-reactive ketones (excluding diaryl/α,β-unsaturated/α-hetero) is 2. The van der Waals surface area contributed by atoms with E-state index in [4.69, 9.17) is 15.9 Å². The zero-order valence-corrected chi connectivity index (χ0v) is 34.0. The number of aromatic amines is 1. The number of carboxylic acid groups (broad SMARTS) is 3. The van der Waals surface area contributed by atoms with Crippen LogP contribution in [0.4, 0.5) is 16.4 Å². The molecule has 0 saturated heterocycles. The van der Waals surface area contributed by atoms with Crippen LogP contribution >= 0.6 is 0 Å². The Morgan fingerprint density at radius 2 is 1.35 bits per heavy atom. The Bertz CT molecular complexity index is 2090. The van der Waals surface area contributed by atoms with E-state index >= 15 is 0 Å². The SMILES string of the molecule is CC(C)(C)C(=O)CCC(NC(=O)NC(CCC(=O)O)OC=O)C(=O)O.CC(C)(C)C(=O)CCC(NC(=O)c1ccc(NCc2cnc3nc(N)[nH]c(=O)c3n2)cc1)C(=O)O. The molecule has 2 heterocycles. The first kappa shape index (κ1) is 49.1. The van der Waals surface area contributed by atoms with Crippen LogP contribution in [0.15, 0.2) is 35.3 Å². The molecule has 3 unspecified atom stereocenters. The third-order valence-electron chi connectivity index (χ3n) is 8.44. The monoisotopic (exact) mass is 841 g/mol. The van der Waals surface area contributed by atoms with Crippen molar-refractivity contribution >= 4 is 70.7 Å². The van der Waals surface area contributed by atoms with Gasteiger partial charge in [0.1, 0.15) is 23.7 Å². The molecule has 3 aromatic rings. The highest BCUT2D eigenvalue weighted by molar-refractivity contribution is 5.97. The number of ether oxygens (including phenoxy) is 1. The molecule has 0 radical (unpaired) electrons. The summed E-state index contributed by atoms with van der Waals surface area (Å²) in [5.41, 5.74) is 5.46. The molecule has 326 valence electrons. The van der Waals surface area contributed by atoms with E-state index in [0.717, 1.165) is 0 Å². The molecule has 0 aliphatic rings. The first-order valence-corrected chi connectivity index (χ1v) is 18.5. The van der Waals surface area contributed by atoms with E-state index in [1.165, 1.54) is 6.20 Å². The number of hydrogen-bond acceptors (Lipinski definition) is 15. The molecule has 3 atom stereocenters. The Kier molecular flexibility index (Phi) is 18.2. The van der Waals surface area contributed by atoms with E-state index in [1.807, 2.05) is 0 Å². The maximum atomic E-state index is 12.5. The number of fused-ring (bicyclic) bond motifs is 1. The topological polar surface area (TPSA) is 352 Å². The highest BCUT2D eigenvalue weighted by Gasteiger charge is 2.28. The van der Waals surface area contributed by atoms with E-state index in [-0.39, 0.29) is 85.8 Å². The molecular weight excluding hydrogens is 790 g/mol. The number of amides is 3. The summed E-state index contributed by atoms with van der Waals surface area (Å²) in [7, 11) is 0. The number of carbonyl (C=O) groups excluding carboxylic acids is 5. The summed E-state index contributed by atoms with van der Waals surface area (Å²) in [6.45, 7) is 10.7. The lowest BCUT2D eigenvalue weighted by atomic mass is 9.87. The van der Waals surface area contributed by atoms with Crippen molar-refractivity contribution in [3.8, 4) is 0 Å². The van der Waals surface area contributed by atoms with Crippen molar-refractivity contribution in [1.82, 2.24) is 35.9 Å². The molecule has 0 spiro atoms. The molecule has 10 N–H and O–H groups in total. The second-order valence-corrected chi connectivity index (χ2v) is 15.4. The Morgan fingerprint density at radius 1 is 0.800 bits per heavy atom. The fourth-order valence-electron chi connectivity index (χ4n) is 4.89. The molecule has 0 aliphatic heterocycles. The molecule has 1 aromatic carbocycles. The van der Waals surface area contributed by atoms with Crippen LogP contribution in [0.2, 0.25) is 0 Å². The Hall–Kier alpha value is -7.00. The lowest BCUT2D eigenvalue weighted by molar-refractivity contribution is -0.141. The first-order chi connectivity index (χ1) is 27.9. The Balaban J connectivity index is 0.000000440. The van der Waals surface area contributed by atoms with E-state index in [9.17, 15) is 48.3 Å². The fourth-order valence-corrected chi connectivity index (χ4v) is 4.89. The minimum atomic E-state index is -1.32. The highest BCUT2D eigenvalue weighted by atomic mass is 16.5. The van der Waals surface area contributed by atoms with E-state index < -0.39 is 64.5 Å². The Morgan fingerprint density at radius 3 is 1.85 bits per heavy atom. The number of anilines is 2. The quantitative estimate of drug-likeness (QED) is 0.0580. The van der Waals surface area contributed by atoms with Crippen molar-refractivity contribution in [3.05, 3.63) is 52.1 Å². The number of aliphatic carboxylic acids is 3. The molecule has 2 aromatic heterocycles. The molecule has 0 fully saturated rings. The maximum Gasteiger partial charge on any atom is 0.326 e. The van der Waals surface area contributed by atoms with Gasteiger partial charge in [-0.3, -0.25) is 33.8 Å². The number of benzene rings is 1. The molecule has 0 bridgehead atoms. The van der Waals surface area contributed by atoms with Crippen LogP contribution in [-0.4, -0.2) is 101 Å². The van der Waals surface area contributed by atoms with Crippen molar-refractivity contribution in [3.63, 3.8) is 0 Å². The smallest absolute Gasteiger partial charge is 0.326 e. The maximum absolute atomic E-state index is 12.5. The molecule has 60 heavy (non-hydrogen) atoms. The highest BCUT2D eigenvalue weighted by Crippen LogP contribution is 2.20. The number of nitrogens with two attached hydrogens (primary N) is 1. The number of urea groups is 1. The Labute approximate surface area is 343 Å². The number of carbonyl (C=O) groups is 8. The van der Waals surface area contributed by atoms with Crippen LogP contribution in [-0.2, 0) is 40.0 Å². The number of nitrogens with zero attached hydrogens (tertiary/aromatic N) is 3. The molecule has 3 amide bonds. The molecule has 22 nitrogen and oxygen atoms in total. The molecule has 22 heteroatoms. The lowest BCUT2D eigenvalue weighted by Crippen LogP contribution is -2.50. The number of carboxylic acids is 3. The van der Waals surface area contributed by atoms with Crippen LogP contribution in [0.1, 0.15) is 96.1 Å². The van der Waals surface area contributed by atoms with Crippen molar-refractivity contribution in [2.24, 2.45) is 10.8 Å². The van der Waals surface area contributed by atoms with Gasteiger partial charge in [0.25, 0.3) is 17.9 Å². The van der Waals surface area contributed by atoms with Crippen LogP contribution in [0.25, 0.3) is 11.2 Å². The lowest BCUT2D eigenvalue weighted by Gasteiger charge is -2.21. The number of aromatic nitrogens is 4. The van der Waals surface area contributed by atoms with Crippen LogP contribution < -0.4 is 32.6 Å². The standard InChI is InChI=1S/C23H27N7O5.C15H24N2O8/c1-23(2,3)16(31)9-8-15(21(34)35)28-19(32)12-4-6-13(7-5-12)25-10-14-11-26-18-17(27-14)20(33)30-22(24)29-18;1-15(2,3)10(19)5-4-9(13(22)23)16-14(24)17-11(25-8-18)6-7-12(20)21/h4-7,11,15,25H,8-10H2,1-3H3,(H,28,32)(H,34,35)(H3,24,26,29,30,33);8-9,11H,4-7H2,1-3H3,(H,20,21)(H,22,23)(H2,16,17,24). The van der Waals surface area contributed by atoms with Gasteiger partial charge in [-0.05, 0) is 37.1 Å². The van der Waals surface area contributed by atoms with Crippen molar-refractivity contribution in [1.29, 1.82) is 0 Å². The number of nitrogens with one attached hydrogen (secondary N) is 5. The van der Waals surface area contributed by atoms with E-state index in [1.54, 1.807) is 65.8 Å². The summed E-state index contributed by atoms with van der Waals surface area (Å²) in [6.07, 6.45) is -0.353. The summed E-state index contributed by atoms with van der Waals surface area (Å²) in [6, 6.07) is 2.94. The van der Waals surface area contributed by atoms with Gasteiger partial charge in [0, 0.05) is 41.3 Å². The van der Waals surface area contributed by atoms with Gasteiger partial charge in [0.15, 0.2) is 17.4 Å². The average molecular weight is 842 g/mol. The zero-order valence-electron chi connectivity index (χ0n) is 34.0. The largest absolute Gasteiger partial charge is 0.481 e. The summed E-state index contributed by atoms with van der Waals surface area (Å²) in [5, 5.41) is 37.0. The predicted octanol–water partition coefficient (Wildman–Crippen LogP) is 1.98. The van der Waals surface area contributed by atoms with Crippen LogP contribution in [0.5, 0.6) is 0 Å². The van der Waals surface area contributed by atoms with Crippen molar-refractivity contribution in [2.45, 2.75) is 105 Å². The average Bonchev–Trinajstić information content (AvgIpc) is 3.15. The number of ketones is 2. The predicted molar refractivity (Wildman–Crippen MR) is 213 cm³/mol. The minimum Gasteiger partial charge on any atom is -0.481 e. The summed E-state index contributed by atoms with van der Waals surface area (Å²) in [4.78, 5) is 119. The van der Waals surface area contributed by atoms with Gasteiger partial charge in [-0.15, -0.1) is 0 Å². The van der Waals surface area contributed by atoms with Gasteiger partial charge in [-0.1, -0.05) is 41.5 Å². The third-order valence-corrected chi connectivity index (χ3v) is 8.44. The zero-order chi connectivity index (χ0) is 45.4. The summed E-state index contributed by atoms with van der Waals surface area (Å²) < 4.78 is 4.53. The van der Waals surface area contributed by atoms with Crippen molar-refractivity contribution in [2.75, 3.05) is 11.1 Å². The van der Waals surface area contributed by atoms with E-state index in [2.05, 4.69) is 45.9 Å². The number of hydrogen-bond donors (Lipinski definition) is 9. The van der Waals surface area contributed by atoms with Gasteiger partial charge in [-0.2, -0.15) is 4.98 Å². The minimum absolute atomic E-state index is 0.00849. The third kappa shape index (κ3) is 16.8.